The average Bonchev–Trinajstić information content (AvgIpc) is 2.31. The molecule has 0 N–H and O–H groups in total. The maximum absolute atomic E-state index is 12.6. The first-order chi connectivity index (χ1) is 6.32. The van der Waals surface area contributed by atoms with Gasteiger partial charge in [-0.2, -0.15) is 13.2 Å². The Kier molecular flexibility index (Phi) is 2.92. The maximum Gasteiger partial charge on any atom is 0.399 e. The highest BCUT2D eigenvalue weighted by atomic mass is 19.4. The summed E-state index contributed by atoms with van der Waals surface area (Å²) in [5, 5.41) is 0. The van der Waals surface area contributed by atoms with Gasteiger partial charge >= 0.3 is 6.18 Å². The van der Waals surface area contributed by atoms with Crippen molar-refractivity contribution in [3.05, 3.63) is 23.7 Å². The van der Waals surface area contributed by atoms with Crippen molar-refractivity contribution in [3.63, 3.8) is 0 Å². The fraction of sp³-hybridized carbons (Fsp3) is 0.600. The summed E-state index contributed by atoms with van der Waals surface area (Å²) in [6.07, 6.45) is -4.24. The smallest absolute Gasteiger partial charge is 0.399 e. The average molecular weight is 206 g/mol. The molecule has 1 heterocycles. The number of aryl methyl sites for hydroxylation is 1. The van der Waals surface area contributed by atoms with Crippen molar-refractivity contribution >= 4 is 0 Å². The first-order valence-corrected chi connectivity index (χ1v) is 4.45. The molecule has 1 aromatic heterocycles. The molecule has 0 amide bonds. The summed E-state index contributed by atoms with van der Waals surface area (Å²) >= 11 is 0. The Bertz CT molecular complexity index is 299. The largest absolute Gasteiger partial charge is 0.466 e. The Morgan fingerprint density at radius 2 is 1.79 bits per heavy atom. The van der Waals surface area contributed by atoms with E-state index in [2.05, 4.69) is 0 Å². The molecule has 1 atom stereocenters. The minimum absolute atomic E-state index is 0.00463. The van der Waals surface area contributed by atoms with E-state index in [1.54, 1.807) is 13.0 Å². The summed E-state index contributed by atoms with van der Waals surface area (Å²) < 4.78 is 42.8. The Hall–Kier alpha value is -0.930. The molecule has 4 heteroatoms. The first-order valence-electron chi connectivity index (χ1n) is 4.45. The van der Waals surface area contributed by atoms with Gasteiger partial charge in [0.25, 0.3) is 0 Å². The second-order valence-electron chi connectivity index (χ2n) is 3.71. The van der Waals surface area contributed by atoms with Crippen LogP contribution in [0.3, 0.4) is 0 Å². The monoisotopic (exact) mass is 206 g/mol. The van der Waals surface area contributed by atoms with E-state index in [4.69, 9.17) is 4.42 Å². The van der Waals surface area contributed by atoms with E-state index in [-0.39, 0.29) is 5.76 Å². The zero-order valence-corrected chi connectivity index (χ0v) is 8.35. The van der Waals surface area contributed by atoms with Gasteiger partial charge in [0.2, 0.25) is 0 Å². The van der Waals surface area contributed by atoms with Gasteiger partial charge in [0.05, 0.1) is 0 Å². The van der Waals surface area contributed by atoms with Crippen molar-refractivity contribution in [1.82, 2.24) is 0 Å². The Morgan fingerprint density at radius 1 is 1.21 bits per heavy atom. The van der Waals surface area contributed by atoms with Crippen molar-refractivity contribution in [3.8, 4) is 0 Å². The number of alkyl halides is 3. The van der Waals surface area contributed by atoms with Crippen LogP contribution >= 0.6 is 0 Å². The lowest BCUT2D eigenvalue weighted by Crippen LogP contribution is -2.24. The number of rotatable bonds is 2. The molecule has 80 valence electrons. The molecule has 1 aromatic rings. The van der Waals surface area contributed by atoms with E-state index < -0.39 is 18.0 Å². The van der Waals surface area contributed by atoms with E-state index in [9.17, 15) is 13.2 Å². The Balaban J connectivity index is 3.01. The third kappa shape index (κ3) is 2.30. The number of hydrogen-bond acceptors (Lipinski definition) is 1. The van der Waals surface area contributed by atoms with Crippen LogP contribution in [0, 0.1) is 12.8 Å². The molecule has 0 aliphatic rings. The summed E-state index contributed by atoms with van der Waals surface area (Å²) in [5.74, 6) is -1.50. The molecule has 0 radical (unpaired) electrons. The van der Waals surface area contributed by atoms with Crippen LogP contribution in [0.5, 0.6) is 0 Å². The number of hydrogen-bond donors (Lipinski definition) is 0. The van der Waals surface area contributed by atoms with E-state index in [0.29, 0.717) is 5.76 Å². The van der Waals surface area contributed by atoms with Gasteiger partial charge in [-0.25, -0.2) is 0 Å². The van der Waals surface area contributed by atoms with Crippen molar-refractivity contribution in [2.24, 2.45) is 5.92 Å². The number of halogens is 3. The van der Waals surface area contributed by atoms with Gasteiger partial charge in [-0.3, -0.25) is 0 Å². The maximum atomic E-state index is 12.6. The number of furan rings is 1. The Labute approximate surface area is 80.9 Å². The molecule has 0 aromatic carbocycles. The molecule has 14 heavy (non-hydrogen) atoms. The first kappa shape index (κ1) is 11.1. The molecule has 1 unspecified atom stereocenters. The van der Waals surface area contributed by atoms with Crippen molar-refractivity contribution in [2.75, 3.05) is 0 Å². The molecule has 0 saturated carbocycles. The predicted octanol–water partition coefficient (Wildman–Crippen LogP) is 3.89. The molecule has 1 nitrogen and oxygen atoms in total. The van der Waals surface area contributed by atoms with Gasteiger partial charge in [0.15, 0.2) is 0 Å². The molecule has 0 fully saturated rings. The minimum atomic E-state index is -4.24. The highest BCUT2D eigenvalue weighted by molar-refractivity contribution is 5.12. The predicted molar refractivity (Wildman–Crippen MR) is 47.1 cm³/mol. The van der Waals surface area contributed by atoms with Crippen molar-refractivity contribution in [2.45, 2.75) is 32.9 Å². The van der Waals surface area contributed by atoms with Gasteiger partial charge in [-0.15, -0.1) is 0 Å². The molecular formula is C10H13F3O. The van der Waals surface area contributed by atoms with Crippen LogP contribution in [-0.4, -0.2) is 6.18 Å². The quantitative estimate of drug-likeness (QED) is 0.715. The second-order valence-corrected chi connectivity index (χ2v) is 3.71. The fourth-order valence-electron chi connectivity index (χ4n) is 1.49. The van der Waals surface area contributed by atoms with Crippen LogP contribution in [0.2, 0.25) is 0 Å². The van der Waals surface area contributed by atoms with Gasteiger partial charge in [-0.1, -0.05) is 13.8 Å². The summed E-state index contributed by atoms with van der Waals surface area (Å²) in [7, 11) is 0. The van der Waals surface area contributed by atoms with Gasteiger partial charge in [-0.05, 0) is 25.0 Å². The van der Waals surface area contributed by atoms with Gasteiger partial charge in [0, 0.05) is 0 Å². The second kappa shape index (κ2) is 3.67. The molecule has 1 rings (SSSR count). The summed E-state index contributed by atoms with van der Waals surface area (Å²) in [6, 6.07) is 2.95. The standard InChI is InChI=1S/C10H13F3O/c1-6(2)9(10(11,12)13)8-5-4-7(3)14-8/h4-6,9H,1-3H3. The van der Waals surface area contributed by atoms with Gasteiger partial charge < -0.3 is 4.42 Å². The Morgan fingerprint density at radius 3 is 2.07 bits per heavy atom. The molecule has 0 saturated heterocycles. The van der Waals surface area contributed by atoms with Crippen LogP contribution < -0.4 is 0 Å². The normalized spacial score (nSPS) is 14.8. The highest BCUT2D eigenvalue weighted by Crippen LogP contribution is 2.40. The van der Waals surface area contributed by atoms with E-state index >= 15 is 0 Å². The van der Waals surface area contributed by atoms with Crippen LogP contribution in [0.1, 0.15) is 31.3 Å². The lowest BCUT2D eigenvalue weighted by atomic mass is 9.93. The summed E-state index contributed by atoms with van der Waals surface area (Å²) in [4.78, 5) is 0. The van der Waals surface area contributed by atoms with Crippen molar-refractivity contribution < 1.29 is 17.6 Å². The third-order valence-corrected chi connectivity index (χ3v) is 2.09. The lowest BCUT2D eigenvalue weighted by molar-refractivity contribution is -0.163. The topological polar surface area (TPSA) is 13.1 Å². The molecule has 0 aliphatic carbocycles. The molecule has 0 bridgehead atoms. The molecule has 0 aliphatic heterocycles. The summed E-state index contributed by atoms with van der Waals surface area (Å²) in [5.41, 5.74) is 0. The van der Waals surface area contributed by atoms with E-state index in [1.807, 2.05) is 0 Å². The SMILES string of the molecule is Cc1ccc(C(C(C)C)C(F)(F)F)o1. The molecular weight excluding hydrogens is 193 g/mol. The van der Waals surface area contributed by atoms with E-state index in [0.717, 1.165) is 0 Å². The van der Waals surface area contributed by atoms with Crippen LogP contribution in [0.15, 0.2) is 16.5 Å². The van der Waals surface area contributed by atoms with Crippen LogP contribution in [-0.2, 0) is 0 Å². The minimum Gasteiger partial charge on any atom is -0.466 e. The third-order valence-electron chi connectivity index (χ3n) is 2.09. The van der Waals surface area contributed by atoms with E-state index in [1.165, 1.54) is 19.9 Å². The van der Waals surface area contributed by atoms with Crippen LogP contribution in [0.25, 0.3) is 0 Å². The van der Waals surface area contributed by atoms with Crippen molar-refractivity contribution in [1.29, 1.82) is 0 Å². The highest BCUT2D eigenvalue weighted by Gasteiger charge is 2.44. The molecule has 0 spiro atoms. The summed E-state index contributed by atoms with van der Waals surface area (Å²) in [6.45, 7) is 4.71. The fourth-order valence-corrected chi connectivity index (χ4v) is 1.49. The van der Waals surface area contributed by atoms with Crippen LogP contribution in [0.4, 0.5) is 13.2 Å². The zero-order chi connectivity index (χ0) is 10.9. The lowest BCUT2D eigenvalue weighted by Gasteiger charge is -2.21. The van der Waals surface area contributed by atoms with Gasteiger partial charge in [0.1, 0.15) is 17.4 Å². The zero-order valence-electron chi connectivity index (χ0n) is 8.35.